The first kappa shape index (κ1) is 14.0. The predicted octanol–water partition coefficient (Wildman–Crippen LogP) is 3.18. The summed E-state index contributed by atoms with van der Waals surface area (Å²) >= 11 is 0. The fraction of sp³-hybridized carbons (Fsp3) is 0.600. The van der Waals surface area contributed by atoms with Gasteiger partial charge in [-0.1, -0.05) is 19.9 Å². The molecule has 0 saturated heterocycles. The fourth-order valence-electron chi connectivity index (χ4n) is 1.87. The van der Waals surface area contributed by atoms with Crippen LogP contribution in [0.5, 0.6) is 5.75 Å². The van der Waals surface area contributed by atoms with E-state index in [0.29, 0.717) is 0 Å². The lowest BCUT2D eigenvalue weighted by atomic mass is 10.0. The van der Waals surface area contributed by atoms with Crippen LogP contribution in [0, 0.1) is 12.8 Å². The zero-order chi connectivity index (χ0) is 12.7. The SMILES string of the molecule is COc1ccc(CCCNCC(C)C)c(C)c1. The van der Waals surface area contributed by atoms with Gasteiger partial charge in [-0.3, -0.25) is 0 Å². The molecule has 0 atom stereocenters. The lowest BCUT2D eigenvalue weighted by Gasteiger charge is -2.09. The molecule has 2 heteroatoms. The van der Waals surface area contributed by atoms with Crippen LogP contribution in [0.1, 0.15) is 31.4 Å². The van der Waals surface area contributed by atoms with Crippen molar-refractivity contribution in [1.82, 2.24) is 5.32 Å². The topological polar surface area (TPSA) is 21.3 Å². The van der Waals surface area contributed by atoms with Crippen LogP contribution in [-0.2, 0) is 6.42 Å². The van der Waals surface area contributed by atoms with Gasteiger partial charge in [0.1, 0.15) is 5.75 Å². The molecule has 0 aliphatic heterocycles. The molecule has 1 rings (SSSR count). The molecule has 0 spiro atoms. The van der Waals surface area contributed by atoms with E-state index >= 15 is 0 Å². The summed E-state index contributed by atoms with van der Waals surface area (Å²) < 4.78 is 5.21. The van der Waals surface area contributed by atoms with Gasteiger partial charge in [0.2, 0.25) is 0 Å². The summed E-state index contributed by atoms with van der Waals surface area (Å²) in [5.74, 6) is 1.68. The second-order valence-electron chi connectivity index (χ2n) is 4.99. The highest BCUT2D eigenvalue weighted by atomic mass is 16.5. The molecule has 2 nitrogen and oxygen atoms in total. The molecule has 0 radical (unpaired) electrons. The number of methoxy groups -OCH3 is 1. The largest absolute Gasteiger partial charge is 0.497 e. The van der Waals surface area contributed by atoms with E-state index in [9.17, 15) is 0 Å². The van der Waals surface area contributed by atoms with Gasteiger partial charge in [0, 0.05) is 0 Å². The molecule has 1 N–H and O–H groups in total. The van der Waals surface area contributed by atoms with Gasteiger partial charge in [-0.15, -0.1) is 0 Å². The third-order valence-electron chi connectivity index (χ3n) is 2.90. The van der Waals surface area contributed by atoms with E-state index in [1.807, 2.05) is 6.07 Å². The van der Waals surface area contributed by atoms with Gasteiger partial charge < -0.3 is 10.1 Å². The minimum Gasteiger partial charge on any atom is -0.497 e. The number of hydrogen-bond donors (Lipinski definition) is 1. The van der Waals surface area contributed by atoms with Crippen molar-refractivity contribution in [2.45, 2.75) is 33.6 Å². The number of hydrogen-bond acceptors (Lipinski definition) is 2. The first-order chi connectivity index (χ1) is 8.13. The Balaban J connectivity index is 2.32. The van der Waals surface area contributed by atoms with E-state index in [2.05, 4.69) is 38.2 Å². The van der Waals surface area contributed by atoms with Gasteiger partial charge in [-0.2, -0.15) is 0 Å². The lowest BCUT2D eigenvalue weighted by Crippen LogP contribution is -2.21. The van der Waals surface area contributed by atoms with Gasteiger partial charge in [0.25, 0.3) is 0 Å². The van der Waals surface area contributed by atoms with E-state index < -0.39 is 0 Å². The Kier molecular flexibility index (Phi) is 6.06. The summed E-state index contributed by atoms with van der Waals surface area (Å²) in [5, 5.41) is 3.47. The van der Waals surface area contributed by atoms with Crippen LogP contribution in [0.3, 0.4) is 0 Å². The first-order valence-electron chi connectivity index (χ1n) is 6.47. The van der Waals surface area contributed by atoms with Crippen molar-refractivity contribution in [3.63, 3.8) is 0 Å². The number of benzene rings is 1. The Morgan fingerprint density at radius 3 is 2.65 bits per heavy atom. The highest BCUT2D eigenvalue weighted by Crippen LogP contribution is 2.17. The Labute approximate surface area is 105 Å². The number of rotatable bonds is 7. The molecule has 0 unspecified atom stereocenters. The summed E-state index contributed by atoms with van der Waals surface area (Å²) in [6.07, 6.45) is 2.33. The molecule has 0 fully saturated rings. The molecule has 1 aromatic rings. The van der Waals surface area contributed by atoms with Crippen molar-refractivity contribution in [2.24, 2.45) is 5.92 Å². The van der Waals surface area contributed by atoms with Crippen LogP contribution in [0.15, 0.2) is 18.2 Å². The summed E-state index contributed by atoms with van der Waals surface area (Å²) in [6, 6.07) is 6.33. The average Bonchev–Trinajstić information content (AvgIpc) is 2.30. The van der Waals surface area contributed by atoms with Crippen LogP contribution < -0.4 is 10.1 Å². The van der Waals surface area contributed by atoms with Crippen molar-refractivity contribution in [2.75, 3.05) is 20.2 Å². The van der Waals surface area contributed by atoms with Gasteiger partial charge in [-0.05, 0) is 62.0 Å². The number of nitrogens with one attached hydrogen (secondary N) is 1. The number of ether oxygens (including phenoxy) is 1. The van der Waals surface area contributed by atoms with Crippen LogP contribution in [0.25, 0.3) is 0 Å². The predicted molar refractivity (Wildman–Crippen MR) is 73.8 cm³/mol. The van der Waals surface area contributed by atoms with Gasteiger partial charge >= 0.3 is 0 Å². The summed E-state index contributed by atoms with van der Waals surface area (Å²) in [4.78, 5) is 0. The third kappa shape index (κ3) is 5.22. The molecule has 17 heavy (non-hydrogen) atoms. The summed E-state index contributed by atoms with van der Waals surface area (Å²) in [5.41, 5.74) is 2.75. The normalized spacial score (nSPS) is 10.9. The van der Waals surface area contributed by atoms with Crippen LogP contribution in [-0.4, -0.2) is 20.2 Å². The molecule has 0 bridgehead atoms. The molecule has 96 valence electrons. The standard InChI is InChI=1S/C15H25NO/c1-12(2)11-16-9-5-6-14-7-8-15(17-4)10-13(14)3/h7-8,10,12,16H,5-6,9,11H2,1-4H3. The van der Waals surface area contributed by atoms with Gasteiger partial charge in [-0.25, -0.2) is 0 Å². The van der Waals surface area contributed by atoms with E-state index in [1.165, 1.54) is 17.5 Å². The maximum Gasteiger partial charge on any atom is 0.119 e. The average molecular weight is 235 g/mol. The Bertz CT molecular complexity index is 334. The van der Waals surface area contributed by atoms with E-state index in [-0.39, 0.29) is 0 Å². The molecular formula is C15H25NO. The molecule has 0 aliphatic rings. The Morgan fingerprint density at radius 2 is 2.06 bits per heavy atom. The van der Waals surface area contributed by atoms with E-state index in [0.717, 1.165) is 31.2 Å². The van der Waals surface area contributed by atoms with Crippen LogP contribution in [0.2, 0.25) is 0 Å². The zero-order valence-corrected chi connectivity index (χ0v) is 11.5. The highest BCUT2D eigenvalue weighted by Gasteiger charge is 2.00. The van der Waals surface area contributed by atoms with Crippen molar-refractivity contribution in [1.29, 1.82) is 0 Å². The minimum atomic E-state index is 0.734. The smallest absolute Gasteiger partial charge is 0.119 e. The van der Waals surface area contributed by atoms with Crippen LogP contribution >= 0.6 is 0 Å². The lowest BCUT2D eigenvalue weighted by molar-refractivity contribution is 0.414. The quantitative estimate of drug-likeness (QED) is 0.733. The maximum absolute atomic E-state index is 5.21. The summed E-state index contributed by atoms with van der Waals surface area (Å²) in [7, 11) is 1.71. The first-order valence-corrected chi connectivity index (χ1v) is 6.47. The van der Waals surface area contributed by atoms with Crippen molar-refractivity contribution < 1.29 is 4.74 Å². The maximum atomic E-state index is 5.21. The summed E-state index contributed by atoms with van der Waals surface area (Å²) in [6.45, 7) is 8.84. The molecule has 0 amide bonds. The third-order valence-corrected chi connectivity index (χ3v) is 2.90. The zero-order valence-electron chi connectivity index (χ0n) is 11.5. The molecular weight excluding hydrogens is 210 g/mol. The monoisotopic (exact) mass is 235 g/mol. The van der Waals surface area contributed by atoms with E-state index in [4.69, 9.17) is 4.74 Å². The molecule has 0 aromatic heterocycles. The second-order valence-corrected chi connectivity index (χ2v) is 4.99. The fourth-order valence-corrected chi connectivity index (χ4v) is 1.87. The molecule has 0 aliphatic carbocycles. The molecule has 0 heterocycles. The van der Waals surface area contributed by atoms with Crippen LogP contribution in [0.4, 0.5) is 0 Å². The highest BCUT2D eigenvalue weighted by molar-refractivity contribution is 5.34. The van der Waals surface area contributed by atoms with Gasteiger partial charge in [0.05, 0.1) is 7.11 Å². The number of aryl methyl sites for hydroxylation is 2. The Morgan fingerprint density at radius 1 is 1.29 bits per heavy atom. The van der Waals surface area contributed by atoms with Crippen molar-refractivity contribution in [3.8, 4) is 5.75 Å². The van der Waals surface area contributed by atoms with Crippen molar-refractivity contribution in [3.05, 3.63) is 29.3 Å². The second kappa shape index (κ2) is 7.33. The molecule has 1 aromatic carbocycles. The van der Waals surface area contributed by atoms with E-state index in [1.54, 1.807) is 7.11 Å². The minimum absolute atomic E-state index is 0.734. The molecule has 0 saturated carbocycles. The van der Waals surface area contributed by atoms with Gasteiger partial charge in [0.15, 0.2) is 0 Å². The Hall–Kier alpha value is -1.02. The van der Waals surface area contributed by atoms with Crippen molar-refractivity contribution >= 4 is 0 Å².